The molecule has 0 fully saturated rings. The molecule has 0 aromatic heterocycles. The maximum Gasteiger partial charge on any atom is 0.0368 e. The third-order valence-electron chi connectivity index (χ3n) is 2.98. The molecule has 0 aliphatic rings. The summed E-state index contributed by atoms with van der Waals surface area (Å²) >= 11 is 0. The minimum Gasteiger partial charge on any atom is -0.372 e. The molecule has 2 nitrogen and oxygen atoms in total. The van der Waals surface area contributed by atoms with Gasteiger partial charge in [-0.2, -0.15) is 0 Å². The first-order chi connectivity index (χ1) is 7.72. The Hall–Kier alpha value is -1.02. The molecule has 0 saturated heterocycles. The van der Waals surface area contributed by atoms with E-state index in [4.69, 9.17) is 5.73 Å². The molecule has 0 bridgehead atoms. The Balaban J connectivity index is 2.85. The Kier molecular flexibility index (Phi) is 5.33. The lowest BCUT2D eigenvalue weighted by atomic mass is 10.0. The predicted molar refractivity (Wildman–Crippen MR) is 72.1 cm³/mol. The quantitative estimate of drug-likeness (QED) is 0.798. The molecule has 0 unspecified atom stereocenters. The van der Waals surface area contributed by atoms with E-state index < -0.39 is 0 Å². The number of rotatable bonds is 6. The van der Waals surface area contributed by atoms with Gasteiger partial charge in [0, 0.05) is 18.8 Å². The Morgan fingerprint density at radius 1 is 1.25 bits per heavy atom. The molecule has 1 rings (SSSR count). The van der Waals surface area contributed by atoms with Gasteiger partial charge in [-0.3, -0.25) is 0 Å². The highest BCUT2D eigenvalue weighted by molar-refractivity contribution is 5.50. The summed E-state index contributed by atoms with van der Waals surface area (Å²) in [7, 11) is 0. The molecule has 0 saturated carbocycles. The first kappa shape index (κ1) is 13.0. The molecule has 0 radical (unpaired) electrons. The summed E-state index contributed by atoms with van der Waals surface area (Å²) < 4.78 is 0. The number of hydrogen-bond acceptors (Lipinski definition) is 2. The van der Waals surface area contributed by atoms with Crippen LogP contribution in [0.3, 0.4) is 0 Å². The van der Waals surface area contributed by atoms with Crippen LogP contribution >= 0.6 is 0 Å². The van der Waals surface area contributed by atoms with Crippen LogP contribution in [-0.2, 0) is 6.42 Å². The van der Waals surface area contributed by atoms with Crippen molar-refractivity contribution in [3.63, 3.8) is 0 Å². The van der Waals surface area contributed by atoms with Crippen molar-refractivity contribution in [3.8, 4) is 0 Å². The van der Waals surface area contributed by atoms with Gasteiger partial charge in [0.15, 0.2) is 0 Å². The number of benzene rings is 1. The molecule has 0 atom stereocenters. The molecular formula is C14H24N2. The smallest absolute Gasteiger partial charge is 0.0368 e. The van der Waals surface area contributed by atoms with E-state index in [1.165, 1.54) is 23.2 Å². The first-order valence-corrected chi connectivity index (χ1v) is 6.27. The number of anilines is 1. The van der Waals surface area contributed by atoms with E-state index in [9.17, 15) is 0 Å². The third kappa shape index (κ3) is 3.24. The van der Waals surface area contributed by atoms with Gasteiger partial charge in [0.2, 0.25) is 0 Å². The van der Waals surface area contributed by atoms with Gasteiger partial charge in [-0.05, 0) is 56.5 Å². The van der Waals surface area contributed by atoms with Crippen molar-refractivity contribution in [3.05, 3.63) is 29.3 Å². The Bertz CT molecular complexity index is 321. The van der Waals surface area contributed by atoms with Crippen molar-refractivity contribution in [1.82, 2.24) is 0 Å². The van der Waals surface area contributed by atoms with Crippen molar-refractivity contribution in [2.75, 3.05) is 24.5 Å². The van der Waals surface area contributed by atoms with E-state index in [-0.39, 0.29) is 0 Å². The fourth-order valence-electron chi connectivity index (χ4n) is 2.05. The van der Waals surface area contributed by atoms with Gasteiger partial charge in [0.25, 0.3) is 0 Å². The van der Waals surface area contributed by atoms with Crippen molar-refractivity contribution in [2.45, 2.75) is 33.6 Å². The summed E-state index contributed by atoms with van der Waals surface area (Å²) in [6.45, 7) is 9.54. The second-order valence-corrected chi connectivity index (χ2v) is 4.23. The molecule has 0 heterocycles. The summed E-state index contributed by atoms with van der Waals surface area (Å²) in [6.07, 6.45) is 2.17. The van der Waals surface area contributed by atoms with Crippen molar-refractivity contribution in [1.29, 1.82) is 0 Å². The van der Waals surface area contributed by atoms with Crippen molar-refractivity contribution >= 4 is 5.69 Å². The third-order valence-corrected chi connectivity index (χ3v) is 2.98. The summed E-state index contributed by atoms with van der Waals surface area (Å²) in [6, 6.07) is 6.72. The van der Waals surface area contributed by atoms with E-state index in [1.54, 1.807) is 0 Å². The predicted octanol–water partition coefficient (Wildman–Crippen LogP) is 2.73. The average molecular weight is 220 g/mol. The maximum absolute atomic E-state index is 5.59. The van der Waals surface area contributed by atoms with Gasteiger partial charge in [0.05, 0.1) is 0 Å². The van der Waals surface area contributed by atoms with Gasteiger partial charge in [-0.1, -0.05) is 13.0 Å². The highest BCUT2D eigenvalue weighted by Crippen LogP contribution is 2.19. The average Bonchev–Trinajstić information content (AvgIpc) is 2.29. The molecular weight excluding hydrogens is 196 g/mol. The van der Waals surface area contributed by atoms with Crippen LogP contribution in [0.15, 0.2) is 18.2 Å². The Labute approximate surface area is 99.5 Å². The molecule has 0 aliphatic heterocycles. The fraction of sp³-hybridized carbons (Fsp3) is 0.571. The zero-order valence-corrected chi connectivity index (χ0v) is 10.8. The van der Waals surface area contributed by atoms with Crippen molar-refractivity contribution < 1.29 is 0 Å². The summed E-state index contributed by atoms with van der Waals surface area (Å²) in [5.74, 6) is 0. The molecule has 0 amide bonds. The standard InChI is InChI=1S/C14H24N2/c1-4-10-16(5-2)14-7-6-13(8-9-15)12(3)11-14/h6-7,11H,4-5,8-10,15H2,1-3H3. The van der Waals surface area contributed by atoms with Gasteiger partial charge in [0.1, 0.15) is 0 Å². The zero-order chi connectivity index (χ0) is 12.0. The van der Waals surface area contributed by atoms with Gasteiger partial charge >= 0.3 is 0 Å². The Morgan fingerprint density at radius 2 is 2.00 bits per heavy atom. The van der Waals surface area contributed by atoms with Crippen molar-refractivity contribution in [2.24, 2.45) is 5.73 Å². The minimum atomic E-state index is 0.729. The SMILES string of the molecule is CCCN(CC)c1ccc(CCN)c(C)c1. The number of nitrogens with two attached hydrogens (primary N) is 1. The van der Waals surface area contributed by atoms with E-state index in [2.05, 4.69) is 43.9 Å². The lowest BCUT2D eigenvalue weighted by Crippen LogP contribution is -2.23. The molecule has 1 aromatic rings. The highest BCUT2D eigenvalue weighted by atomic mass is 15.1. The molecule has 16 heavy (non-hydrogen) atoms. The van der Waals surface area contributed by atoms with Crippen LogP contribution in [0.4, 0.5) is 5.69 Å². The highest BCUT2D eigenvalue weighted by Gasteiger charge is 2.05. The fourth-order valence-corrected chi connectivity index (χ4v) is 2.05. The molecule has 0 spiro atoms. The lowest BCUT2D eigenvalue weighted by molar-refractivity contribution is 0.790. The van der Waals surface area contributed by atoms with Crippen LogP contribution in [0.1, 0.15) is 31.4 Å². The number of hydrogen-bond donors (Lipinski definition) is 1. The van der Waals surface area contributed by atoms with Gasteiger partial charge in [-0.25, -0.2) is 0 Å². The van der Waals surface area contributed by atoms with E-state index in [0.717, 1.165) is 26.1 Å². The van der Waals surface area contributed by atoms with E-state index >= 15 is 0 Å². The summed E-state index contributed by atoms with van der Waals surface area (Å²) in [5.41, 5.74) is 9.66. The second-order valence-electron chi connectivity index (χ2n) is 4.23. The summed E-state index contributed by atoms with van der Waals surface area (Å²) in [5, 5.41) is 0. The van der Waals surface area contributed by atoms with E-state index in [1.807, 2.05) is 0 Å². The topological polar surface area (TPSA) is 29.3 Å². The zero-order valence-electron chi connectivity index (χ0n) is 10.8. The summed E-state index contributed by atoms with van der Waals surface area (Å²) in [4.78, 5) is 2.42. The minimum absolute atomic E-state index is 0.729. The maximum atomic E-state index is 5.59. The normalized spacial score (nSPS) is 10.5. The van der Waals surface area contributed by atoms with Crippen LogP contribution in [0.2, 0.25) is 0 Å². The molecule has 90 valence electrons. The monoisotopic (exact) mass is 220 g/mol. The van der Waals surface area contributed by atoms with Crippen LogP contribution in [0, 0.1) is 6.92 Å². The van der Waals surface area contributed by atoms with Crippen LogP contribution < -0.4 is 10.6 Å². The Morgan fingerprint density at radius 3 is 2.50 bits per heavy atom. The van der Waals surface area contributed by atoms with E-state index in [0.29, 0.717) is 0 Å². The van der Waals surface area contributed by atoms with Crippen LogP contribution in [0.5, 0.6) is 0 Å². The number of aryl methyl sites for hydroxylation is 1. The van der Waals surface area contributed by atoms with Crippen LogP contribution in [-0.4, -0.2) is 19.6 Å². The molecule has 2 N–H and O–H groups in total. The van der Waals surface area contributed by atoms with Gasteiger partial charge < -0.3 is 10.6 Å². The second kappa shape index (κ2) is 6.54. The molecule has 2 heteroatoms. The van der Waals surface area contributed by atoms with Crippen LogP contribution in [0.25, 0.3) is 0 Å². The first-order valence-electron chi connectivity index (χ1n) is 6.27. The van der Waals surface area contributed by atoms with Gasteiger partial charge in [-0.15, -0.1) is 0 Å². The molecule has 1 aromatic carbocycles. The largest absolute Gasteiger partial charge is 0.372 e. The number of nitrogens with zero attached hydrogens (tertiary/aromatic N) is 1. The lowest BCUT2D eigenvalue weighted by Gasteiger charge is -2.23. The molecule has 0 aliphatic carbocycles.